The first kappa shape index (κ1) is 37.5. The molecule has 13 nitrogen and oxygen atoms in total. The van der Waals surface area contributed by atoms with Crippen LogP contribution < -0.4 is 21.5 Å². The number of likely N-dealkylation sites (tertiary alicyclic amines) is 1. The van der Waals surface area contributed by atoms with E-state index in [0.717, 1.165) is 25.7 Å². The van der Waals surface area contributed by atoms with E-state index in [-0.39, 0.29) is 18.4 Å². The molecule has 0 radical (unpaired) electrons. The number of hydrogen-bond donors (Lipinski definition) is 4. The van der Waals surface area contributed by atoms with E-state index in [1.54, 1.807) is 51.1 Å². The fourth-order valence-corrected chi connectivity index (χ4v) is 6.52. The SMILES string of the molecule is CCCCCCN1C(=O)c2cccc3c(NNC(=O)[C@H](CCSC)NC(=O)[C@@H]4CCCN4C(=O)CNC(=O)OC(C)(C)C)ccc(c23)C1=O. The van der Waals surface area contributed by atoms with Crippen LogP contribution in [0.15, 0.2) is 30.3 Å². The zero-order valence-corrected chi connectivity index (χ0v) is 29.8. The first-order valence-electron chi connectivity index (χ1n) is 16.9. The van der Waals surface area contributed by atoms with Crippen molar-refractivity contribution in [1.82, 2.24) is 25.9 Å². The lowest BCUT2D eigenvalue weighted by atomic mass is 9.93. The number of rotatable bonds is 15. The summed E-state index contributed by atoms with van der Waals surface area (Å²) in [6.07, 6.45) is 6.32. The Hall–Kier alpha value is -4.33. The number of nitrogens with one attached hydrogen (secondary N) is 4. The molecule has 2 aliphatic heterocycles. The van der Waals surface area contributed by atoms with Crippen LogP contribution >= 0.6 is 11.8 Å². The highest BCUT2D eigenvalue weighted by Crippen LogP contribution is 2.34. The third-order valence-electron chi connectivity index (χ3n) is 8.45. The van der Waals surface area contributed by atoms with Crippen LogP contribution in [0.2, 0.25) is 0 Å². The molecule has 0 aliphatic carbocycles. The summed E-state index contributed by atoms with van der Waals surface area (Å²) in [6.45, 7) is 7.65. The van der Waals surface area contributed by atoms with Gasteiger partial charge in [0.2, 0.25) is 11.8 Å². The van der Waals surface area contributed by atoms with Crippen molar-refractivity contribution in [2.24, 2.45) is 0 Å². The van der Waals surface area contributed by atoms with Gasteiger partial charge in [0, 0.05) is 35.0 Å². The molecule has 0 bridgehead atoms. The lowest BCUT2D eigenvalue weighted by Gasteiger charge is -2.28. The maximum atomic E-state index is 13.5. The Labute approximate surface area is 291 Å². The average Bonchev–Trinajstić information content (AvgIpc) is 3.56. The molecule has 49 heavy (non-hydrogen) atoms. The van der Waals surface area contributed by atoms with Crippen LogP contribution in [0.4, 0.5) is 10.5 Å². The first-order valence-corrected chi connectivity index (χ1v) is 18.3. The zero-order valence-electron chi connectivity index (χ0n) is 29.0. The molecule has 266 valence electrons. The van der Waals surface area contributed by atoms with E-state index < -0.39 is 41.5 Å². The molecule has 4 N–H and O–H groups in total. The molecule has 2 aliphatic rings. The highest BCUT2D eigenvalue weighted by atomic mass is 32.2. The minimum absolute atomic E-state index is 0.318. The van der Waals surface area contributed by atoms with Crippen LogP contribution in [-0.2, 0) is 19.1 Å². The molecule has 0 spiro atoms. The molecule has 2 atom stereocenters. The van der Waals surface area contributed by atoms with Gasteiger partial charge in [-0.15, -0.1) is 0 Å². The van der Waals surface area contributed by atoms with Crippen molar-refractivity contribution in [1.29, 1.82) is 0 Å². The lowest BCUT2D eigenvalue weighted by molar-refractivity contribution is -0.138. The van der Waals surface area contributed by atoms with E-state index in [1.165, 1.54) is 21.6 Å². The summed E-state index contributed by atoms with van der Waals surface area (Å²) >= 11 is 1.53. The summed E-state index contributed by atoms with van der Waals surface area (Å²) in [5.41, 5.74) is 6.27. The second-order valence-electron chi connectivity index (χ2n) is 13.3. The number of nitrogens with zero attached hydrogens (tertiary/aromatic N) is 2. The molecule has 0 aromatic heterocycles. The summed E-state index contributed by atoms with van der Waals surface area (Å²) < 4.78 is 5.19. The van der Waals surface area contributed by atoms with Gasteiger partial charge in [0.25, 0.3) is 17.7 Å². The molecule has 2 aromatic rings. The number of alkyl carbamates (subject to hydrolysis) is 1. The van der Waals surface area contributed by atoms with Crippen LogP contribution in [0.5, 0.6) is 0 Å². The number of hydrazine groups is 1. The minimum Gasteiger partial charge on any atom is -0.444 e. The van der Waals surface area contributed by atoms with Crippen molar-refractivity contribution in [3.63, 3.8) is 0 Å². The standard InChI is InChI=1S/C35H48N6O7S/c1-6-7-8-9-18-41-32(45)23-13-10-12-22-25(16-15-24(29(22)23)33(41)46)38-39-30(43)26(17-20-49-5)37-31(44)27-14-11-19-40(27)28(42)21-36-34(47)48-35(2,3)4/h10,12-13,15-16,26-27,38H,6-9,11,14,17-21H2,1-5H3,(H,36,47)(H,37,44)(H,39,43)/t26-,27-/m0/s1. The van der Waals surface area contributed by atoms with Crippen LogP contribution in [-0.4, -0.2) is 94.8 Å². The lowest BCUT2D eigenvalue weighted by Crippen LogP contribution is -2.55. The van der Waals surface area contributed by atoms with Crippen LogP contribution in [0, 0.1) is 0 Å². The molecule has 1 fully saturated rings. The number of anilines is 1. The number of ether oxygens (including phenoxy) is 1. The van der Waals surface area contributed by atoms with E-state index >= 15 is 0 Å². The van der Waals surface area contributed by atoms with Crippen molar-refractivity contribution in [3.05, 3.63) is 41.5 Å². The Morgan fingerprint density at radius 3 is 2.45 bits per heavy atom. The number of unbranched alkanes of at least 4 members (excludes halogenated alkanes) is 3. The fourth-order valence-electron chi connectivity index (χ4n) is 6.04. The average molecular weight is 697 g/mol. The van der Waals surface area contributed by atoms with Gasteiger partial charge in [0.05, 0.1) is 5.69 Å². The predicted octanol–water partition coefficient (Wildman–Crippen LogP) is 4.21. The quantitative estimate of drug-likeness (QED) is 0.121. The van der Waals surface area contributed by atoms with Gasteiger partial charge in [-0.05, 0) is 76.7 Å². The maximum absolute atomic E-state index is 13.5. The summed E-state index contributed by atoms with van der Waals surface area (Å²) in [5, 5.41) is 6.39. The number of thioether (sulfide) groups is 1. The van der Waals surface area contributed by atoms with Crippen LogP contribution in [0.3, 0.4) is 0 Å². The zero-order chi connectivity index (χ0) is 35.7. The number of imide groups is 1. The van der Waals surface area contributed by atoms with E-state index in [4.69, 9.17) is 4.74 Å². The van der Waals surface area contributed by atoms with Gasteiger partial charge in [0.1, 0.15) is 24.2 Å². The van der Waals surface area contributed by atoms with Gasteiger partial charge in [-0.1, -0.05) is 38.3 Å². The Kier molecular flexibility index (Phi) is 12.9. The van der Waals surface area contributed by atoms with Crippen molar-refractivity contribution in [2.45, 2.75) is 90.3 Å². The number of hydrogen-bond acceptors (Lipinski definition) is 9. The maximum Gasteiger partial charge on any atom is 0.408 e. The molecule has 14 heteroatoms. The smallest absolute Gasteiger partial charge is 0.408 e. The molecule has 1 saturated heterocycles. The molecule has 0 unspecified atom stereocenters. The third kappa shape index (κ3) is 9.43. The van der Waals surface area contributed by atoms with Gasteiger partial charge in [0.15, 0.2) is 0 Å². The minimum atomic E-state index is -0.908. The van der Waals surface area contributed by atoms with Gasteiger partial charge in [-0.2, -0.15) is 11.8 Å². The second-order valence-corrected chi connectivity index (χ2v) is 14.3. The largest absolute Gasteiger partial charge is 0.444 e. The van der Waals surface area contributed by atoms with E-state index in [2.05, 4.69) is 28.4 Å². The molecule has 2 aromatic carbocycles. The van der Waals surface area contributed by atoms with Crippen molar-refractivity contribution < 1.29 is 33.5 Å². The Morgan fingerprint density at radius 1 is 1.02 bits per heavy atom. The van der Waals surface area contributed by atoms with E-state index in [9.17, 15) is 28.8 Å². The molecule has 4 rings (SSSR count). The highest BCUT2D eigenvalue weighted by molar-refractivity contribution is 7.98. The number of carbonyl (C=O) groups excluding carboxylic acids is 6. The summed E-state index contributed by atoms with van der Waals surface area (Å²) in [5.74, 6) is -1.44. The molecule has 0 saturated carbocycles. The number of amides is 6. The number of carbonyl (C=O) groups is 6. The predicted molar refractivity (Wildman–Crippen MR) is 189 cm³/mol. The Bertz CT molecular complexity index is 1550. The van der Waals surface area contributed by atoms with Gasteiger partial charge in [-0.25, -0.2) is 4.79 Å². The molecule has 2 heterocycles. The molecular formula is C35H48N6O7S. The van der Waals surface area contributed by atoms with Crippen LogP contribution in [0.1, 0.15) is 93.4 Å². The topological polar surface area (TPSA) is 166 Å². The first-order chi connectivity index (χ1) is 23.4. The molecule has 6 amide bonds. The van der Waals surface area contributed by atoms with Gasteiger partial charge >= 0.3 is 6.09 Å². The fraction of sp³-hybridized carbons (Fsp3) is 0.543. The van der Waals surface area contributed by atoms with E-state index in [1.807, 2.05) is 6.26 Å². The van der Waals surface area contributed by atoms with Crippen molar-refractivity contribution >= 4 is 63.9 Å². The van der Waals surface area contributed by atoms with Gasteiger partial charge in [-0.3, -0.25) is 39.7 Å². The van der Waals surface area contributed by atoms with Crippen molar-refractivity contribution in [2.75, 3.05) is 37.1 Å². The Morgan fingerprint density at radius 2 is 1.76 bits per heavy atom. The Balaban J connectivity index is 1.42. The van der Waals surface area contributed by atoms with E-state index in [0.29, 0.717) is 65.7 Å². The van der Waals surface area contributed by atoms with Gasteiger partial charge < -0.3 is 20.3 Å². The second kappa shape index (κ2) is 16.9. The highest BCUT2D eigenvalue weighted by Gasteiger charge is 2.36. The van der Waals surface area contributed by atoms with Crippen molar-refractivity contribution in [3.8, 4) is 0 Å². The third-order valence-corrected chi connectivity index (χ3v) is 9.09. The summed E-state index contributed by atoms with van der Waals surface area (Å²) in [6, 6.07) is 6.89. The normalized spacial score (nSPS) is 16.4. The number of benzene rings is 2. The summed E-state index contributed by atoms with van der Waals surface area (Å²) in [7, 11) is 0. The monoisotopic (exact) mass is 696 g/mol. The van der Waals surface area contributed by atoms with Crippen LogP contribution in [0.25, 0.3) is 10.8 Å². The molecular weight excluding hydrogens is 648 g/mol. The summed E-state index contributed by atoms with van der Waals surface area (Å²) in [4.78, 5) is 81.3.